The molecule has 1 aromatic rings. The monoisotopic (exact) mass is 497 g/mol. The van der Waals surface area contributed by atoms with Crippen LogP contribution in [0.4, 0.5) is 8.78 Å². The van der Waals surface area contributed by atoms with Gasteiger partial charge in [0.2, 0.25) is 0 Å². The van der Waals surface area contributed by atoms with Gasteiger partial charge in [-0.2, -0.15) is 8.78 Å². The Balaban J connectivity index is 0.00000364. The first-order valence-corrected chi connectivity index (χ1v) is 8.93. The molecule has 1 aliphatic rings. The molecule has 9 heteroatoms. The Hall–Kier alpha value is -1.20. The summed E-state index contributed by atoms with van der Waals surface area (Å²) >= 11 is 0. The first-order valence-electron chi connectivity index (χ1n) is 8.93. The van der Waals surface area contributed by atoms with E-state index in [1.54, 1.807) is 18.2 Å². The molecule has 0 aliphatic carbocycles. The van der Waals surface area contributed by atoms with Gasteiger partial charge in [-0.3, -0.25) is 4.90 Å². The first kappa shape index (κ1) is 23.8. The normalized spacial score (nSPS) is 18.9. The summed E-state index contributed by atoms with van der Waals surface area (Å²) in [7, 11) is 4.25. The summed E-state index contributed by atoms with van der Waals surface area (Å²) in [5.41, 5.74) is 0.625. The van der Waals surface area contributed by atoms with Crippen LogP contribution in [-0.4, -0.2) is 75.2 Å². The molecule has 1 aromatic carbocycles. The summed E-state index contributed by atoms with van der Waals surface area (Å²) < 4.78 is 29.6. The van der Waals surface area contributed by atoms with Gasteiger partial charge >= 0.3 is 6.61 Å². The number of ether oxygens (including phenoxy) is 1. The Kier molecular flexibility index (Phi) is 10.9. The minimum atomic E-state index is -2.84. The van der Waals surface area contributed by atoms with E-state index in [2.05, 4.69) is 44.3 Å². The molecule has 2 N–H and O–H groups in total. The van der Waals surface area contributed by atoms with E-state index in [0.717, 1.165) is 32.7 Å². The molecule has 2 rings (SSSR count). The fourth-order valence-electron chi connectivity index (χ4n) is 2.89. The SMILES string of the molecule is CCNC(=NCc1ccccc1OC(F)F)NCC1CN(C)CCN1C.I. The van der Waals surface area contributed by atoms with E-state index >= 15 is 0 Å². The maximum Gasteiger partial charge on any atom is 0.387 e. The molecule has 0 amide bonds. The number of likely N-dealkylation sites (N-methyl/N-ethyl adjacent to an activating group) is 2. The number of guanidine groups is 1. The van der Waals surface area contributed by atoms with Crippen molar-refractivity contribution in [2.24, 2.45) is 4.99 Å². The van der Waals surface area contributed by atoms with Gasteiger partial charge in [-0.15, -0.1) is 24.0 Å². The van der Waals surface area contributed by atoms with Gasteiger partial charge in [0.25, 0.3) is 0 Å². The standard InChI is InChI=1S/C18H29F2N5O.HI/c1-4-21-18(23-12-15-13-24(2)9-10-25(15)3)22-11-14-7-5-6-8-16(14)26-17(19)20;/h5-8,15,17H,4,9-13H2,1-3H3,(H2,21,22,23);1H. The quantitative estimate of drug-likeness (QED) is 0.344. The molecule has 6 nitrogen and oxygen atoms in total. The Morgan fingerprint density at radius 3 is 2.70 bits per heavy atom. The molecular weight excluding hydrogens is 467 g/mol. The van der Waals surface area contributed by atoms with Crippen LogP contribution in [0.25, 0.3) is 0 Å². The van der Waals surface area contributed by atoms with Crippen LogP contribution < -0.4 is 15.4 Å². The zero-order chi connectivity index (χ0) is 18.9. The highest BCUT2D eigenvalue weighted by atomic mass is 127. The Labute approximate surface area is 177 Å². The van der Waals surface area contributed by atoms with Crippen LogP contribution >= 0.6 is 24.0 Å². The smallest absolute Gasteiger partial charge is 0.387 e. The van der Waals surface area contributed by atoms with Gasteiger partial charge in [0.1, 0.15) is 5.75 Å². The summed E-state index contributed by atoms with van der Waals surface area (Å²) in [5.74, 6) is 0.830. The minimum Gasteiger partial charge on any atom is -0.434 e. The number of hydrogen-bond donors (Lipinski definition) is 2. The van der Waals surface area contributed by atoms with Crippen LogP contribution in [0.1, 0.15) is 12.5 Å². The second-order valence-corrected chi connectivity index (χ2v) is 6.46. The average Bonchev–Trinajstić information content (AvgIpc) is 2.60. The van der Waals surface area contributed by atoms with Gasteiger partial charge in [-0.1, -0.05) is 18.2 Å². The third-order valence-corrected chi connectivity index (χ3v) is 4.43. The van der Waals surface area contributed by atoms with Crippen molar-refractivity contribution >= 4 is 29.9 Å². The van der Waals surface area contributed by atoms with Gasteiger partial charge in [-0.25, -0.2) is 4.99 Å². The van der Waals surface area contributed by atoms with Gasteiger partial charge in [-0.05, 0) is 27.1 Å². The maximum atomic E-state index is 12.5. The molecular formula is C18H30F2IN5O. The molecule has 0 saturated carbocycles. The second-order valence-electron chi connectivity index (χ2n) is 6.46. The van der Waals surface area contributed by atoms with Crippen molar-refractivity contribution in [2.45, 2.75) is 26.1 Å². The van der Waals surface area contributed by atoms with E-state index in [9.17, 15) is 8.78 Å². The number of benzene rings is 1. The van der Waals surface area contributed by atoms with Crippen molar-refractivity contribution < 1.29 is 13.5 Å². The molecule has 0 aromatic heterocycles. The molecule has 154 valence electrons. The molecule has 0 radical (unpaired) electrons. The number of para-hydroxylation sites is 1. The molecule has 1 unspecified atom stereocenters. The second kappa shape index (κ2) is 12.3. The summed E-state index contributed by atoms with van der Waals surface area (Å²) in [6, 6.07) is 7.13. The van der Waals surface area contributed by atoms with Crippen molar-refractivity contribution in [3.63, 3.8) is 0 Å². The molecule has 0 bridgehead atoms. The van der Waals surface area contributed by atoms with E-state index in [1.165, 1.54) is 6.07 Å². The summed E-state index contributed by atoms with van der Waals surface area (Å²) in [6.07, 6.45) is 0. The van der Waals surface area contributed by atoms with Crippen molar-refractivity contribution in [3.8, 4) is 5.75 Å². The molecule has 27 heavy (non-hydrogen) atoms. The highest BCUT2D eigenvalue weighted by Gasteiger charge is 2.22. The summed E-state index contributed by atoms with van der Waals surface area (Å²) in [5, 5.41) is 6.55. The third kappa shape index (κ3) is 8.14. The van der Waals surface area contributed by atoms with E-state index in [-0.39, 0.29) is 36.3 Å². The number of aliphatic imine (C=N–C) groups is 1. The lowest BCUT2D eigenvalue weighted by Crippen LogP contribution is -2.55. The number of nitrogens with one attached hydrogen (secondary N) is 2. The molecule has 1 fully saturated rings. The summed E-state index contributed by atoms with van der Waals surface area (Å²) in [4.78, 5) is 9.17. The van der Waals surface area contributed by atoms with E-state index in [4.69, 9.17) is 0 Å². The van der Waals surface area contributed by atoms with Crippen LogP contribution in [0.15, 0.2) is 29.3 Å². The zero-order valence-corrected chi connectivity index (χ0v) is 18.5. The lowest BCUT2D eigenvalue weighted by Gasteiger charge is -2.37. The lowest BCUT2D eigenvalue weighted by atomic mass is 10.2. The minimum absolute atomic E-state index is 0. The van der Waals surface area contributed by atoms with Gasteiger partial charge in [0, 0.05) is 44.3 Å². The molecule has 1 saturated heterocycles. The predicted molar refractivity (Wildman–Crippen MR) is 115 cm³/mol. The predicted octanol–water partition coefficient (Wildman–Crippen LogP) is 2.21. The van der Waals surface area contributed by atoms with Crippen LogP contribution in [0.3, 0.4) is 0 Å². The number of rotatable bonds is 7. The Morgan fingerprint density at radius 2 is 2.00 bits per heavy atom. The Morgan fingerprint density at radius 1 is 1.26 bits per heavy atom. The Bertz CT molecular complexity index is 591. The number of alkyl halides is 2. The molecule has 0 spiro atoms. The van der Waals surface area contributed by atoms with Crippen LogP contribution in [-0.2, 0) is 6.54 Å². The maximum absolute atomic E-state index is 12.5. The number of nitrogens with zero attached hydrogens (tertiary/aromatic N) is 3. The summed E-state index contributed by atoms with van der Waals surface area (Å²) in [6.45, 7) is 4.00. The number of halogens is 3. The van der Waals surface area contributed by atoms with Crippen LogP contribution in [0, 0.1) is 0 Å². The zero-order valence-electron chi connectivity index (χ0n) is 16.1. The van der Waals surface area contributed by atoms with Crippen molar-refractivity contribution in [1.29, 1.82) is 0 Å². The van der Waals surface area contributed by atoms with Crippen molar-refractivity contribution in [2.75, 3.05) is 46.8 Å². The first-order chi connectivity index (χ1) is 12.5. The molecule has 1 heterocycles. The van der Waals surface area contributed by atoms with E-state index in [1.807, 2.05) is 6.92 Å². The van der Waals surface area contributed by atoms with Gasteiger partial charge < -0.3 is 20.3 Å². The fraction of sp³-hybridized carbons (Fsp3) is 0.611. The average molecular weight is 497 g/mol. The van der Waals surface area contributed by atoms with E-state index in [0.29, 0.717) is 17.6 Å². The van der Waals surface area contributed by atoms with E-state index < -0.39 is 6.61 Å². The van der Waals surface area contributed by atoms with Crippen molar-refractivity contribution in [3.05, 3.63) is 29.8 Å². The van der Waals surface area contributed by atoms with Crippen LogP contribution in [0.2, 0.25) is 0 Å². The number of piperazine rings is 1. The lowest BCUT2D eigenvalue weighted by molar-refractivity contribution is -0.0504. The van der Waals surface area contributed by atoms with Crippen LogP contribution in [0.5, 0.6) is 5.75 Å². The van der Waals surface area contributed by atoms with Gasteiger partial charge in [0.15, 0.2) is 5.96 Å². The number of hydrogen-bond acceptors (Lipinski definition) is 4. The molecule has 1 atom stereocenters. The fourth-order valence-corrected chi connectivity index (χ4v) is 2.89. The highest BCUT2D eigenvalue weighted by Crippen LogP contribution is 2.20. The van der Waals surface area contributed by atoms with Crippen molar-refractivity contribution in [1.82, 2.24) is 20.4 Å². The highest BCUT2D eigenvalue weighted by molar-refractivity contribution is 14.0. The van der Waals surface area contributed by atoms with Gasteiger partial charge in [0.05, 0.1) is 6.54 Å². The third-order valence-electron chi connectivity index (χ3n) is 4.43. The topological polar surface area (TPSA) is 52.1 Å². The largest absolute Gasteiger partial charge is 0.434 e. The molecule has 1 aliphatic heterocycles.